The molecule has 0 bridgehead atoms. The number of aryl methyl sites for hydroxylation is 2. The van der Waals surface area contributed by atoms with Crippen molar-refractivity contribution < 1.29 is 9.32 Å². The van der Waals surface area contributed by atoms with Crippen LogP contribution in [-0.4, -0.2) is 20.6 Å². The summed E-state index contributed by atoms with van der Waals surface area (Å²) in [4.78, 5) is 28.8. The second-order valence-electron chi connectivity index (χ2n) is 6.92. The third-order valence-corrected chi connectivity index (χ3v) is 4.01. The summed E-state index contributed by atoms with van der Waals surface area (Å²) in [7, 11) is 0. The van der Waals surface area contributed by atoms with Crippen molar-refractivity contribution in [1.29, 1.82) is 0 Å². The van der Waals surface area contributed by atoms with E-state index in [1.165, 1.54) is 10.6 Å². The van der Waals surface area contributed by atoms with E-state index in [1.54, 1.807) is 12.3 Å². The fourth-order valence-electron chi connectivity index (χ4n) is 2.77. The van der Waals surface area contributed by atoms with Crippen molar-refractivity contribution in [2.24, 2.45) is 0 Å². The van der Waals surface area contributed by atoms with Gasteiger partial charge in [-0.1, -0.05) is 25.1 Å². The van der Waals surface area contributed by atoms with Crippen molar-refractivity contribution in [3.05, 3.63) is 63.8 Å². The highest BCUT2D eigenvalue weighted by Crippen LogP contribution is 2.19. The molecule has 3 rings (SSSR count). The van der Waals surface area contributed by atoms with Crippen LogP contribution in [-0.2, 0) is 11.3 Å². The predicted molar refractivity (Wildman–Crippen MR) is 103 cm³/mol. The molecule has 7 heteroatoms. The molecule has 7 nitrogen and oxygen atoms in total. The fourth-order valence-corrected chi connectivity index (χ4v) is 2.77. The molecule has 0 atom stereocenters. The molecule has 0 spiro atoms. The summed E-state index contributed by atoms with van der Waals surface area (Å²) in [6.07, 6.45) is 1.56. The Bertz CT molecular complexity index is 1010. The molecule has 0 aliphatic rings. The van der Waals surface area contributed by atoms with Crippen LogP contribution in [0.1, 0.15) is 36.7 Å². The molecule has 0 saturated heterocycles. The molecule has 0 radical (unpaired) electrons. The standard InChI is InChI=1S/C20H22N4O3/c1-12(2)19-22-20(27-23-19)15-5-6-18(26)24(10-15)11-17(25)21-16-8-13(3)7-14(4)9-16/h5-10,12H,11H2,1-4H3,(H,21,25). The highest BCUT2D eigenvalue weighted by Gasteiger charge is 2.13. The zero-order chi connectivity index (χ0) is 19.6. The van der Waals surface area contributed by atoms with Crippen molar-refractivity contribution >= 4 is 11.6 Å². The van der Waals surface area contributed by atoms with E-state index in [-0.39, 0.29) is 23.9 Å². The van der Waals surface area contributed by atoms with Gasteiger partial charge >= 0.3 is 0 Å². The molecule has 3 aromatic rings. The SMILES string of the molecule is Cc1cc(C)cc(NC(=O)Cn2cc(-c3nc(C(C)C)no3)ccc2=O)c1. The van der Waals surface area contributed by atoms with E-state index < -0.39 is 0 Å². The van der Waals surface area contributed by atoms with Crippen LogP contribution in [0.3, 0.4) is 0 Å². The maximum absolute atomic E-state index is 12.4. The number of carbonyl (C=O) groups excluding carboxylic acids is 1. The second-order valence-corrected chi connectivity index (χ2v) is 6.92. The number of hydrogen-bond donors (Lipinski definition) is 1. The van der Waals surface area contributed by atoms with Crippen molar-refractivity contribution in [1.82, 2.24) is 14.7 Å². The maximum atomic E-state index is 12.4. The Hall–Kier alpha value is -3.22. The number of hydrogen-bond acceptors (Lipinski definition) is 5. The van der Waals surface area contributed by atoms with Gasteiger partial charge < -0.3 is 14.4 Å². The summed E-state index contributed by atoms with van der Waals surface area (Å²) < 4.78 is 6.58. The molecule has 0 unspecified atom stereocenters. The number of nitrogens with one attached hydrogen (secondary N) is 1. The van der Waals surface area contributed by atoms with Crippen molar-refractivity contribution in [2.45, 2.75) is 40.2 Å². The molecule has 0 fully saturated rings. The number of aromatic nitrogens is 3. The van der Waals surface area contributed by atoms with Gasteiger partial charge in [0, 0.05) is 23.9 Å². The first kappa shape index (κ1) is 18.6. The van der Waals surface area contributed by atoms with Crippen molar-refractivity contribution in [3.8, 4) is 11.5 Å². The largest absolute Gasteiger partial charge is 0.334 e. The van der Waals surface area contributed by atoms with E-state index in [4.69, 9.17) is 4.52 Å². The van der Waals surface area contributed by atoms with Gasteiger partial charge in [0.15, 0.2) is 5.82 Å². The Balaban J connectivity index is 1.79. The highest BCUT2D eigenvalue weighted by atomic mass is 16.5. The average Bonchev–Trinajstić information content (AvgIpc) is 3.06. The Morgan fingerprint density at radius 2 is 1.89 bits per heavy atom. The van der Waals surface area contributed by atoms with Crippen LogP contribution in [0.2, 0.25) is 0 Å². The second kappa shape index (κ2) is 7.57. The smallest absolute Gasteiger partial charge is 0.259 e. The minimum absolute atomic E-state index is 0.106. The molecule has 0 aliphatic heterocycles. The van der Waals surface area contributed by atoms with Gasteiger partial charge in [-0.15, -0.1) is 0 Å². The Morgan fingerprint density at radius 1 is 1.19 bits per heavy atom. The zero-order valence-corrected chi connectivity index (χ0v) is 15.8. The number of anilines is 1. The Kier molecular flexibility index (Phi) is 5.21. The third-order valence-electron chi connectivity index (χ3n) is 4.01. The number of benzene rings is 1. The first-order valence-electron chi connectivity index (χ1n) is 8.74. The molecule has 27 heavy (non-hydrogen) atoms. The Labute approximate surface area is 157 Å². The molecular formula is C20H22N4O3. The van der Waals surface area contributed by atoms with Gasteiger partial charge in [-0.2, -0.15) is 4.98 Å². The van der Waals surface area contributed by atoms with Crippen LogP contribution >= 0.6 is 0 Å². The van der Waals surface area contributed by atoms with Gasteiger partial charge in [-0.3, -0.25) is 9.59 Å². The molecule has 0 aliphatic carbocycles. The molecule has 0 saturated carbocycles. The first-order valence-corrected chi connectivity index (χ1v) is 8.74. The van der Waals surface area contributed by atoms with Gasteiger partial charge in [0.25, 0.3) is 11.4 Å². The molecule has 1 amide bonds. The quantitative estimate of drug-likeness (QED) is 0.748. The van der Waals surface area contributed by atoms with Crippen LogP contribution in [0.5, 0.6) is 0 Å². The van der Waals surface area contributed by atoms with E-state index in [9.17, 15) is 9.59 Å². The van der Waals surface area contributed by atoms with Crippen LogP contribution < -0.4 is 10.9 Å². The first-order chi connectivity index (χ1) is 12.8. The fraction of sp³-hybridized carbons (Fsp3) is 0.300. The van der Waals surface area contributed by atoms with Crippen LogP contribution in [0.4, 0.5) is 5.69 Å². The summed E-state index contributed by atoms with van der Waals surface area (Å²) in [6, 6.07) is 8.79. The minimum atomic E-state index is -0.285. The lowest BCUT2D eigenvalue weighted by Gasteiger charge is -2.09. The monoisotopic (exact) mass is 366 g/mol. The Morgan fingerprint density at radius 3 is 2.52 bits per heavy atom. The number of pyridine rings is 1. The van der Waals surface area contributed by atoms with E-state index >= 15 is 0 Å². The summed E-state index contributed by atoms with van der Waals surface area (Å²) in [5, 5.41) is 6.75. The minimum Gasteiger partial charge on any atom is -0.334 e. The molecule has 1 N–H and O–H groups in total. The lowest BCUT2D eigenvalue weighted by Crippen LogP contribution is -2.26. The summed E-state index contributed by atoms with van der Waals surface area (Å²) >= 11 is 0. The van der Waals surface area contributed by atoms with E-state index in [0.717, 1.165) is 11.1 Å². The number of amides is 1. The number of rotatable bonds is 5. The number of nitrogens with zero attached hydrogens (tertiary/aromatic N) is 3. The lowest BCUT2D eigenvalue weighted by atomic mass is 10.1. The lowest BCUT2D eigenvalue weighted by molar-refractivity contribution is -0.116. The predicted octanol–water partition coefficient (Wildman–Crippen LogP) is 3.28. The van der Waals surface area contributed by atoms with Gasteiger partial charge in [0.1, 0.15) is 6.54 Å². The van der Waals surface area contributed by atoms with Crippen LogP contribution in [0.25, 0.3) is 11.5 Å². The topological polar surface area (TPSA) is 90.0 Å². The number of carbonyl (C=O) groups is 1. The maximum Gasteiger partial charge on any atom is 0.259 e. The van der Waals surface area contributed by atoms with Crippen molar-refractivity contribution in [2.75, 3.05) is 5.32 Å². The zero-order valence-electron chi connectivity index (χ0n) is 15.8. The third kappa shape index (κ3) is 4.49. The van der Waals surface area contributed by atoms with Gasteiger partial charge in [-0.05, 0) is 43.2 Å². The summed E-state index contributed by atoms with van der Waals surface area (Å²) in [5.74, 6) is 0.766. The molecular weight excluding hydrogens is 344 g/mol. The van der Waals surface area contributed by atoms with E-state index in [2.05, 4.69) is 15.5 Å². The highest BCUT2D eigenvalue weighted by molar-refractivity contribution is 5.90. The average molecular weight is 366 g/mol. The summed E-state index contributed by atoms with van der Waals surface area (Å²) in [6.45, 7) is 7.75. The van der Waals surface area contributed by atoms with E-state index in [1.807, 2.05) is 45.9 Å². The molecule has 2 aromatic heterocycles. The van der Waals surface area contributed by atoms with E-state index in [0.29, 0.717) is 23.0 Å². The normalized spacial score (nSPS) is 11.0. The molecule has 140 valence electrons. The molecule has 2 heterocycles. The van der Waals surface area contributed by atoms with Crippen LogP contribution in [0.15, 0.2) is 45.8 Å². The summed E-state index contributed by atoms with van der Waals surface area (Å²) in [5.41, 5.74) is 3.13. The van der Waals surface area contributed by atoms with Crippen LogP contribution in [0, 0.1) is 13.8 Å². The van der Waals surface area contributed by atoms with Gasteiger partial charge in [-0.25, -0.2) is 0 Å². The van der Waals surface area contributed by atoms with Gasteiger partial charge in [0.05, 0.1) is 5.56 Å². The van der Waals surface area contributed by atoms with Crippen molar-refractivity contribution in [3.63, 3.8) is 0 Å². The van der Waals surface area contributed by atoms with Gasteiger partial charge in [0.2, 0.25) is 5.91 Å². The molecule has 1 aromatic carbocycles.